The summed E-state index contributed by atoms with van der Waals surface area (Å²) in [6.45, 7) is 2.25. The second-order valence-electron chi connectivity index (χ2n) is 4.78. The summed E-state index contributed by atoms with van der Waals surface area (Å²) in [6, 6.07) is 1.36. The zero-order valence-corrected chi connectivity index (χ0v) is 13.4. The first-order valence-electron chi connectivity index (χ1n) is 6.59. The van der Waals surface area contributed by atoms with Gasteiger partial charge >= 0.3 is 5.97 Å². The van der Waals surface area contributed by atoms with E-state index in [1.54, 1.807) is 0 Å². The molecule has 1 aliphatic rings. The molecule has 1 aliphatic heterocycles. The van der Waals surface area contributed by atoms with Crippen molar-refractivity contribution in [1.29, 1.82) is 0 Å². The van der Waals surface area contributed by atoms with E-state index in [2.05, 4.69) is 4.98 Å². The standard InChI is InChI=1S/C13H13N3O4S2/c1-8-7-22-12-14-9(4-10(17)16(8)12)6-20-11(18)5-15-2-3-21-13(15)19/h4,7H,2-3,5-6H2,1H3. The van der Waals surface area contributed by atoms with Crippen LogP contribution in [0.4, 0.5) is 4.79 Å². The van der Waals surface area contributed by atoms with Gasteiger partial charge in [-0.2, -0.15) is 0 Å². The van der Waals surface area contributed by atoms with E-state index in [9.17, 15) is 14.4 Å². The average molecular weight is 339 g/mol. The number of carbonyl (C=O) groups excluding carboxylic acids is 2. The van der Waals surface area contributed by atoms with Gasteiger partial charge in [-0.3, -0.25) is 18.8 Å². The number of aromatic nitrogens is 2. The minimum Gasteiger partial charge on any atom is -0.458 e. The molecule has 0 atom stereocenters. The van der Waals surface area contributed by atoms with E-state index in [-0.39, 0.29) is 24.0 Å². The molecule has 0 aliphatic carbocycles. The predicted molar refractivity (Wildman–Crippen MR) is 83.3 cm³/mol. The summed E-state index contributed by atoms with van der Waals surface area (Å²) in [6.07, 6.45) is 0. The summed E-state index contributed by atoms with van der Waals surface area (Å²) in [4.78, 5) is 41.4. The lowest BCUT2D eigenvalue weighted by molar-refractivity contribution is -0.145. The number of esters is 1. The summed E-state index contributed by atoms with van der Waals surface area (Å²) in [5.41, 5.74) is 1.04. The summed E-state index contributed by atoms with van der Waals surface area (Å²) >= 11 is 2.55. The van der Waals surface area contributed by atoms with Gasteiger partial charge in [0.1, 0.15) is 13.2 Å². The number of thioether (sulfide) groups is 1. The molecule has 1 saturated heterocycles. The predicted octanol–water partition coefficient (Wildman–Crippen LogP) is 1.28. The van der Waals surface area contributed by atoms with E-state index in [0.717, 1.165) is 5.69 Å². The van der Waals surface area contributed by atoms with Crippen LogP contribution in [0.3, 0.4) is 0 Å². The highest BCUT2D eigenvalue weighted by atomic mass is 32.2. The fraction of sp³-hybridized carbons (Fsp3) is 0.385. The number of rotatable bonds is 4. The van der Waals surface area contributed by atoms with Crippen LogP contribution in [0.5, 0.6) is 0 Å². The van der Waals surface area contributed by atoms with Gasteiger partial charge in [0.25, 0.3) is 10.8 Å². The van der Waals surface area contributed by atoms with Crippen molar-refractivity contribution in [3.8, 4) is 0 Å². The molecular formula is C13H13N3O4S2. The average Bonchev–Trinajstić information content (AvgIpc) is 3.04. The third-order valence-electron chi connectivity index (χ3n) is 3.17. The zero-order chi connectivity index (χ0) is 15.7. The van der Waals surface area contributed by atoms with E-state index >= 15 is 0 Å². The van der Waals surface area contributed by atoms with Crippen LogP contribution in [-0.4, -0.2) is 44.3 Å². The molecule has 1 fully saturated rings. The van der Waals surface area contributed by atoms with Crippen LogP contribution in [0.15, 0.2) is 16.2 Å². The van der Waals surface area contributed by atoms with Crippen molar-refractivity contribution in [3.63, 3.8) is 0 Å². The summed E-state index contributed by atoms with van der Waals surface area (Å²) in [5.74, 6) is 0.193. The maximum absolute atomic E-state index is 12.0. The number of carbonyl (C=O) groups is 2. The summed E-state index contributed by atoms with van der Waals surface area (Å²) in [5, 5.41) is 1.74. The Balaban J connectivity index is 1.65. The maximum atomic E-state index is 12.0. The van der Waals surface area contributed by atoms with Crippen LogP contribution in [0.2, 0.25) is 0 Å². The molecule has 3 rings (SSSR count). The summed E-state index contributed by atoms with van der Waals surface area (Å²) < 4.78 is 6.61. The lowest BCUT2D eigenvalue weighted by Gasteiger charge is -2.13. The maximum Gasteiger partial charge on any atom is 0.326 e. The second-order valence-corrected chi connectivity index (χ2v) is 6.66. The van der Waals surface area contributed by atoms with Gasteiger partial charge in [0.15, 0.2) is 4.96 Å². The fourth-order valence-corrected chi connectivity index (χ4v) is 3.82. The zero-order valence-electron chi connectivity index (χ0n) is 11.8. The van der Waals surface area contributed by atoms with Gasteiger partial charge in [0, 0.05) is 29.4 Å². The third-order valence-corrected chi connectivity index (χ3v) is 5.01. The molecule has 0 spiro atoms. The van der Waals surface area contributed by atoms with Crippen molar-refractivity contribution in [1.82, 2.24) is 14.3 Å². The Labute approximate surface area is 133 Å². The number of ether oxygens (including phenoxy) is 1. The minimum absolute atomic E-state index is 0.0643. The van der Waals surface area contributed by atoms with Gasteiger partial charge in [-0.1, -0.05) is 11.8 Å². The number of fused-ring (bicyclic) bond motifs is 1. The highest BCUT2D eigenvalue weighted by Crippen LogP contribution is 2.17. The molecule has 3 heterocycles. The molecule has 0 bridgehead atoms. The van der Waals surface area contributed by atoms with Gasteiger partial charge in [-0.05, 0) is 6.92 Å². The van der Waals surface area contributed by atoms with Gasteiger partial charge in [0.05, 0.1) is 5.69 Å². The Bertz CT molecular complexity index is 798. The molecule has 116 valence electrons. The molecule has 2 aromatic rings. The highest BCUT2D eigenvalue weighted by molar-refractivity contribution is 8.13. The quantitative estimate of drug-likeness (QED) is 0.781. The highest BCUT2D eigenvalue weighted by Gasteiger charge is 2.23. The van der Waals surface area contributed by atoms with E-state index in [1.807, 2.05) is 12.3 Å². The van der Waals surface area contributed by atoms with Gasteiger partial charge in [-0.25, -0.2) is 4.98 Å². The first kappa shape index (κ1) is 15.0. The van der Waals surface area contributed by atoms with Crippen LogP contribution >= 0.6 is 23.1 Å². The Morgan fingerprint density at radius 1 is 1.45 bits per heavy atom. The van der Waals surface area contributed by atoms with Crippen molar-refractivity contribution < 1.29 is 14.3 Å². The number of aryl methyl sites for hydroxylation is 1. The Morgan fingerprint density at radius 3 is 3.00 bits per heavy atom. The van der Waals surface area contributed by atoms with Crippen LogP contribution in [0.1, 0.15) is 11.4 Å². The van der Waals surface area contributed by atoms with E-state index < -0.39 is 5.97 Å². The lowest BCUT2D eigenvalue weighted by atomic mass is 10.4. The van der Waals surface area contributed by atoms with Crippen molar-refractivity contribution >= 4 is 39.3 Å². The van der Waals surface area contributed by atoms with Crippen molar-refractivity contribution in [2.45, 2.75) is 13.5 Å². The number of hydrogen-bond donors (Lipinski definition) is 0. The molecule has 0 radical (unpaired) electrons. The largest absolute Gasteiger partial charge is 0.458 e. The van der Waals surface area contributed by atoms with Crippen molar-refractivity contribution in [2.75, 3.05) is 18.8 Å². The van der Waals surface area contributed by atoms with Crippen LogP contribution in [-0.2, 0) is 16.1 Å². The molecule has 1 amide bonds. The van der Waals surface area contributed by atoms with E-state index in [0.29, 0.717) is 23.0 Å². The molecule has 0 saturated carbocycles. The van der Waals surface area contributed by atoms with Crippen LogP contribution in [0.25, 0.3) is 4.96 Å². The van der Waals surface area contributed by atoms with Gasteiger partial charge < -0.3 is 9.64 Å². The fourth-order valence-electron chi connectivity index (χ4n) is 2.10. The van der Waals surface area contributed by atoms with E-state index in [1.165, 1.54) is 38.5 Å². The third kappa shape index (κ3) is 3.00. The van der Waals surface area contributed by atoms with Crippen LogP contribution < -0.4 is 5.56 Å². The monoisotopic (exact) mass is 339 g/mol. The Hall–Kier alpha value is -1.87. The first-order valence-corrected chi connectivity index (χ1v) is 8.45. The van der Waals surface area contributed by atoms with Crippen molar-refractivity contribution in [2.24, 2.45) is 0 Å². The number of amides is 1. The molecular weight excluding hydrogens is 326 g/mol. The lowest BCUT2D eigenvalue weighted by Crippen LogP contribution is -2.31. The second kappa shape index (κ2) is 6.09. The van der Waals surface area contributed by atoms with Crippen LogP contribution in [0, 0.1) is 6.92 Å². The SMILES string of the molecule is Cc1csc2nc(COC(=O)CN3CCSC3=O)cc(=O)n12. The van der Waals surface area contributed by atoms with Gasteiger partial charge in [-0.15, -0.1) is 11.3 Å². The molecule has 2 aromatic heterocycles. The topological polar surface area (TPSA) is 81.0 Å². The molecule has 7 nitrogen and oxygen atoms in total. The first-order chi connectivity index (χ1) is 10.5. The normalized spacial score (nSPS) is 14.8. The number of nitrogens with zero attached hydrogens (tertiary/aromatic N) is 3. The van der Waals surface area contributed by atoms with E-state index in [4.69, 9.17) is 4.74 Å². The Kier molecular flexibility index (Phi) is 4.16. The number of hydrogen-bond acceptors (Lipinski definition) is 7. The molecule has 9 heteroatoms. The van der Waals surface area contributed by atoms with Crippen molar-refractivity contribution in [3.05, 3.63) is 33.2 Å². The summed E-state index contributed by atoms with van der Waals surface area (Å²) in [7, 11) is 0. The molecule has 0 aromatic carbocycles. The smallest absolute Gasteiger partial charge is 0.326 e. The molecule has 0 N–H and O–H groups in total. The molecule has 0 unspecified atom stereocenters. The Morgan fingerprint density at radius 2 is 2.27 bits per heavy atom. The minimum atomic E-state index is -0.500. The number of thiazole rings is 1. The molecule has 22 heavy (non-hydrogen) atoms. The van der Waals surface area contributed by atoms with Gasteiger partial charge in [0.2, 0.25) is 0 Å².